The quantitative estimate of drug-likeness (QED) is 0.00679. The van der Waals surface area contributed by atoms with Crippen LogP contribution in [0.1, 0.15) is 381 Å². The Bertz CT molecular complexity index is 5340. The number of Topliss-reactive ketones (excluding diaryl/α,β-unsaturated/α-hetero) is 3. The fourth-order valence-corrected chi connectivity index (χ4v) is 16.6. The maximum absolute atomic E-state index is 14.8. The van der Waals surface area contributed by atoms with Crippen LogP contribution in [0.3, 0.4) is 0 Å². The highest BCUT2D eigenvalue weighted by molar-refractivity contribution is 6.33. The van der Waals surface area contributed by atoms with E-state index in [0.29, 0.717) is 66.6 Å². The van der Waals surface area contributed by atoms with Crippen molar-refractivity contribution in [2.45, 2.75) is 344 Å². The zero-order valence-electron chi connectivity index (χ0n) is 91.2. The van der Waals surface area contributed by atoms with E-state index in [9.17, 15) is 73.0 Å². The number of likely N-dealkylation sites (N-methyl/N-ethyl adjacent to an activating group) is 1. The largest absolute Gasteiger partial charge is 0.492 e. The number of nitriles is 1. The number of amides is 2. The molecular weight excluding hydrogens is 1900 g/mol. The SMILES string of the molecule is C=CC(=O)OC(C)(C)C.CCCCCCCCc1ccc(C(=O)C[C@@H](CCN)C(=O)N(C)[C@@H]2C(=O)C[C@@H](C)C(=O)N[C@H](C(=O)CCC#N)Cc3ccc(OCCN)c(c3)-c3cc2ccc3OCCN)c(/C=C/C(=O)O)c1.CCCCCCCCc1ccc(C(=O)O)c(/C=C/C(=O)OC(C)(C)C)c1.CCCCCCCCc1ccc(C(=O)OC)c(/C=C/C(=O)OC(C)(C)C)c1.CCCCCCCCc1ccc(C(=O)OC)c(Cl)c1. The van der Waals surface area contributed by atoms with Crippen molar-refractivity contribution in [2.75, 3.05) is 54.1 Å². The minimum Gasteiger partial charge on any atom is -0.492 e. The summed E-state index contributed by atoms with van der Waals surface area (Å²) >= 11 is 6.08. The van der Waals surface area contributed by atoms with E-state index in [2.05, 4.69) is 44.3 Å². The summed E-state index contributed by atoms with van der Waals surface area (Å²) in [5.41, 5.74) is 25.7. The number of aromatic carboxylic acids is 1. The predicted octanol–water partition coefficient (Wildman–Crippen LogP) is 24.2. The predicted molar refractivity (Wildman–Crippen MR) is 588 cm³/mol. The van der Waals surface area contributed by atoms with Crippen LogP contribution in [-0.2, 0) is 94.1 Å². The van der Waals surface area contributed by atoms with Gasteiger partial charge in [-0.15, -0.1) is 0 Å². The number of carbonyl (C=O) groups is 12. The van der Waals surface area contributed by atoms with E-state index >= 15 is 0 Å². The normalized spacial score (nSPS) is 13.7. The summed E-state index contributed by atoms with van der Waals surface area (Å²) in [6.07, 6.45) is 41.6. The summed E-state index contributed by atoms with van der Waals surface area (Å²) in [4.78, 5) is 153. The van der Waals surface area contributed by atoms with Crippen molar-refractivity contribution in [1.82, 2.24) is 10.2 Å². The van der Waals surface area contributed by atoms with Crippen molar-refractivity contribution in [2.24, 2.45) is 29.0 Å². The van der Waals surface area contributed by atoms with Crippen molar-refractivity contribution < 1.29 is 101 Å². The minimum atomic E-state index is -1.27. The molecule has 28 heteroatoms. The van der Waals surface area contributed by atoms with Gasteiger partial charge in [-0.25, -0.2) is 33.6 Å². The summed E-state index contributed by atoms with van der Waals surface area (Å²) in [6, 6.07) is 32.1. The van der Waals surface area contributed by atoms with Crippen LogP contribution in [0.25, 0.3) is 29.4 Å². The van der Waals surface area contributed by atoms with E-state index in [1.807, 2.05) is 102 Å². The van der Waals surface area contributed by atoms with Gasteiger partial charge in [0.05, 0.1) is 48.0 Å². The molecule has 0 fully saturated rings. The molecule has 0 aromatic heterocycles. The first-order valence-corrected chi connectivity index (χ1v) is 53.1. The summed E-state index contributed by atoms with van der Waals surface area (Å²) in [6.45, 7) is 30.7. The number of carboxylic acids is 2. The maximum atomic E-state index is 14.8. The molecule has 1 aliphatic heterocycles. The Morgan fingerprint density at radius 3 is 1.32 bits per heavy atom. The number of esters is 5. The Morgan fingerprint density at radius 1 is 0.507 bits per heavy atom. The lowest BCUT2D eigenvalue weighted by molar-refractivity contribution is -0.149. The highest BCUT2D eigenvalue weighted by atomic mass is 35.5. The van der Waals surface area contributed by atoms with Gasteiger partial charge in [0, 0.05) is 98.7 Å². The van der Waals surface area contributed by atoms with Gasteiger partial charge >= 0.3 is 41.8 Å². The fourth-order valence-electron chi connectivity index (χ4n) is 16.4. The van der Waals surface area contributed by atoms with E-state index in [4.69, 9.17) is 57.2 Å². The van der Waals surface area contributed by atoms with E-state index in [-0.39, 0.29) is 100 Å². The van der Waals surface area contributed by atoms with Gasteiger partial charge < -0.3 is 70.8 Å². The van der Waals surface area contributed by atoms with E-state index in [1.54, 1.807) is 88.4 Å². The van der Waals surface area contributed by atoms with Crippen LogP contribution in [0.15, 0.2) is 140 Å². The number of nitrogens with zero attached hydrogens (tertiary/aromatic N) is 2. The number of nitrogens with one attached hydrogen (secondary N) is 1. The topological polar surface area (TPSA) is 427 Å². The molecule has 0 spiro atoms. The first-order valence-electron chi connectivity index (χ1n) is 52.7. The number of carbonyl (C=O) groups excluding carboxylic acids is 10. The number of benzene rings is 6. The monoisotopic (exact) mass is 2070 g/mol. The lowest BCUT2D eigenvalue weighted by Gasteiger charge is -2.32. The number of halogens is 1. The summed E-state index contributed by atoms with van der Waals surface area (Å²) in [7, 11) is 4.19. The molecule has 7 rings (SSSR count). The third-order valence-electron chi connectivity index (χ3n) is 23.9. The molecule has 6 aromatic carbocycles. The number of aliphatic carboxylic acids is 1. The van der Waals surface area contributed by atoms with Gasteiger partial charge in [0.2, 0.25) is 11.8 Å². The Balaban J connectivity index is 0.000000564. The average molecular weight is 2070 g/mol. The van der Waals surface area contributed by atoms with Gasteiger partial charge in [0.25, 0.3) is 0 Å². The van der Waals surface area contributed by atoms with Gasteiger partial charge in [-0.05, 0) is 250 Å². The number of methoxy groups -OCH3 is 2. The average Bonchev–Trinajstić information content (AvgIpc) is 0.777. The smallest absolute Gasteiger partial charge is 0.339 e. The number of hydrogen-bond donors (Lipinski definition) is 6. The third-order valence-corrected chi connectivity index (χ3v) is 24.2. The number of nitrogens with two attached hydrogens (primary N) is 3. The number of aryl methyl sites for hydroxylation is 4. The van der Waals surface area contributed by atoms with Gasteiger partial charge in [-0.3, -0.25) is 24.0 Å². The van der Waals surface area contributed by atoms with Crippen molar-refractivity contribution in [3.8, 4) is 28.7 Å². The molecule has 0 saturated carbocycles. The van der Waals surface area contributed by atoms with Crippen LogP contribution >= 0.6 is 11.6 Å². The maximum Gasteiger partial charge on any atom is 0.339 e. The second-order valence-corrected chi connectivity index (χ2v) is 40.6. The molecule has 27 nitrogen and oxygen atoms in total. The molecule has 4 bridgehead atoms. The highest BCUT2D eigenvalue weighted by Gasteiger charge is 2.37. The van der Waals surface area contributed by atoms with E-state index < -0.39 is 94.0 Å². The van der Waals surface area contributed by atoms with Crippen LogP contribution in [0.2, 0.25) is 5.02 Å². The molecule has 0 saturated heterocycles. The summed E-state index contributed by atoms with van der Waals surface area (Å²) < 4.78 is 37.1. The highest BCUT2D eigenvalue weighted by Crippen LogP contribution is 2.42. The molecule has 0 radical (unpaired) electrons. The van der Waals surface area contributed by atoms with E-state index in [0.717, 1.165) is 93.1 Å². The number of ether oxygens (including phenoxy) is 7. The molecular formula is C120H169ClN6O21. The standard InChI is InChI=1S/C52H68N6O9.C23H34O4.C22H32O4.C16H23ClO2.C7H12O2/c1-4-5-6-7-8-9-11-35-13-17-40(37(29-35)16-20-49(62)63)45(60)33-39(21-23-54)52(65)58(3)50-38-15-19-48(67-27-25-56)42(32-38)41-30-36(14-18-47(41)66-26-24-55)31-43(44(59)12-10-22-53)57-51(64)34(2)28-46(50)61;1-6-7-8-9-10-11-12-18-13-15-20(22(25)26-5)19(17-18)14-16-21(24)27-23(2,3)4;1-5-6-7-8-9-10-11-17-12-14-19(21(24)25)18(16-17)13-15-20(23)26-22(2,3)4;1-3-4-5-6-7-8-9-13-10-11-14(15(17)12-13)16(18)19-2;1-5-6(8)9-7(2,3)4/h13-20,29-30,32,34,39,43,50H,4-12,21,23-28,31,33,54-56H2,1-3H3,(H,57,64)(H,62,63);13-17H,6-12H2,1-5H3;12-16H,5-11H2,1-4H3,(H,24,25);10-12H,3-9H2,1-2H3;5H,1H2,2-4H3/b20-16+;16-14+;15-13+;;/t34-,39-,43+,50+;;;;/m1..../s1. The Hall–Kier alpha value is -12.2. The molecule has 0 aliphatic carbocycles. The van der Waals surface area contributed by atoms with Gasteiger partial charge in [0.1, 0.15) is 47.6 Å². The van der Waals surface area contributed by atoms with Crippen LogP contribution in [0.5, 0.6) is 11.5 Å². The third kappa shape index (κ3) is 52.1. The van der Waals surface area contributed by atoms with Crippen LogP contribution in [0, 0.1) is 23.2 Å². The van der Waals surface area contributed by atoms with Crippen molar-refractivity contribution in [1.29, 1.82) is 5.26 Å². The molecule has 1 heterocycles. The number of hydrogen-bond acceptors (Lipinski definition) is 23. The van der Waals surface area contributed by atoms with Crippen molar-refractivity contribution in [3.05, 3.63) is 217 Å². The fraction of sp³-hybridized carbons (Fsp3) is 0.525. The summed E-state index contributed by atoms with van der Waals surface area (Å²) in [5.74, 6) is -7.68. The number of fused-ring (bicyclic) bond motifs is 5. The molecule has 4 atom stereocenters. The Labute approximate surface area is 885 Å². The van der Waals surface area contributed by atoms with Crippen molar-refractivity contribution >= 4 is 101 Å². The lowest BCUT2D eigenvalue weighted by atomic mass is 9.87. The number of ketones is 3. The molecule has 2 amide bonds. The summed E-state index contributed by atoms with van der Waals surface area (Å²) in [5, 5.41) is 31.4. The van der Waals surface area contributed by atoms with Gasteiger partial charge in [-0.1, -0.05) is 242 Å². The second-order valence-electron chi connectivity index (χ2n) is 40.2. The van der Waals surface area contributed by atoms with Crippen molar-refractivity contribution in [3.63, 3.8) is 0 Å². The minimum absolute atomic E-state index is 0.0433. The Kier molecular flexibility index (Phi) is 62.7. The second kappa shape index (κ2) is 71.4. The molecule has 812 valence electrons. The lowest BCUT2D eigenvalue weighted by Crippen LogP contribution is -2.46. The first-order chi connectivity index (χ1) is 70.4. The van der Waals surface area contributed by atoms with Crippen LogP contribution in [-0.4, -0.2) is 163 Å². The molecule has 148 heavy (non-hydrogen) atoms. The number of unbranched alkanes of at least 4 members (excludes halogenated alkanes) is 20. The zero-order chi connectivity index (χ0) is 110. The Morgan fingerprint density at radius 2 is 0.905 bits per heavy atom. The molecule has 1 aliphatic rings. The van der Waals surface area contributed by atoms with Gasteiger partial charge in [-0.2, -0.15) is 5.26 Å². The first kappa shape index (κ1) is 130. The van der Waals surface area contributed by atoms with E-state index in [1.165, 1.54) is 172 Å². The molecule has 6 aromatic rings. The van der Waals surface area contributed by atoms with Crippen LogP contribution < -0.4 is 32.0 Å². The number of rotatable bonds is 54. The molecule has 0 unspecified atom stereocenters. The molecule has 9 N–H and O–H groups in total. The zero-order valence-corrected chi connectivity index (χ0v) is 91.9. The van der Waals surface area contributed by atoms with Gasteiger partial charge in [0.15, 0.2) is 17.3 Å². The van der Waals surface area contributed by atoms with Crippen LogP contribution in [0.4, 0.5) is 0 Å². The number of carboxylic acid groups (broad SMARTS) is 2.